The molecule has 0 unspecified atom stereocenters. The number of rotatable bonds is 5. The van der Waals surface area contributed by atoms with Crippen molar-refractivity contribution in [2.24, 2.45) is 0 Å². The van der Waals surface area contributed by atoms with Gasteiger partial charge in [-0.2, -0.15) is 9.78 Å². The summed E-state index contributed by atoms with van der Waals surface area (Å²) < 4.78 is 7.69. The van der Waals surface area contributed by atoms with E-state index in [2.05, 4.69) is 20.1 Å². The number of aryl methyl sites for hydroxylation is 1. The Morgan fingerprint density at radius 1 is 0.929 bits per heavy atom. The van der Waals surface area contributed by atoms with Crippen LogP contribution in [0.3, 0.4) is 0 Å². The normalized spacial score (nSPS) is 10.8. The van der Waals surface area contributed by atoms with E-state index in [-0.39, 0.29) is 6.61 Å². The van der Waals surface area contributed by atoms with E-state index in [0.29, 0.717) is 17.4 Å². The highest BCUT2D eigenvalue weighted by atomic mass is 16.5. The first kappa shape index (κ1) is 17.8. The van der Waals surface area contributed by atoms with Crippen LogP contribution in [0.2, 0.25) is 0 Å². The molecule has 1 N–H and O–H groups in total. The van der Waals surface area contributed by atoms with Crippen LogP contribution in [0.25, 0.3) is 17.3 Å². The fraction of sp³-hybridized carbons (Fsp3) is 0.143. The second kappa shape index (κ2) is 7.58. The van der Waals surface area contributed by atoms with Crippen molar-refractivity contribution < 1.29 is 9.84 Å². The van der Waals surface area contributed by atoms with E-state index >= 15 is 0 Å². The fourth-order valence-electron chi connectivity index (χ4n) is 2.86. The number of aliphatic hydroxyl groups excluding tert-OH is 1. The van der Waals surface area contributed by atoms with Crippen LogP contribution in [0.15, 0.2) is 60.9 Å². The largest absolute Gasteiger partial charge is 0.453 e. The predicted molar refractivity (Wildman–Crippen MR) is 104 cm³/mol. The maximum atomic E-state index is 9.17. The number of ether oxygens (including phenoxy) is 1. The second-order valence-corrected chi connectivity index (χ2v) is 6.27. The lowest BCUT2D eigenvalue weighted by atomic mass is 10.2. The number of pyridine rings is 1. The quantitative estimate of drug-likeness (QED) is 0.575. The molecule has 4 rings (SSSR count). The first-order valence-electron chi connectivity index (χ1n) is 8.84. The fourth-order valence-corrected chi connectivity index (χ4v) is 2.86. The topological polar surface area (TPSA) is 86.0 Å². The van der Waals surface area contributed by atoms with E-state index in [0.717, 1.165) is 28.3 Å². The van der Waals surface area contributed by atoms with Crippen molar-refractivity contribution in [1.29, 1.82) is 0 Å². The molecule has 3 heterocycles. The van der Waals surface area contributed by atoms with Gasteiger partial charge in [0.25, 0.3) is 5.95 Å². The molecule has 7 heteroatoms. The van der Waals surface area contributed by atoms with Crippen molar-refractivity contribution in [3.05, 3.63) is 77.9 Å². The SMILES string of the molecule is Cc1nn(-c2nccc(-c3ccccn3)n2)c(C)c1Oc1ccc(CO)cc1. The Labute approximate surface area is 162 Å². The van der Waals surface area contributed by atoms with Gasteiger partial charge in [0.2, 0.25) is 0 Å². The van der Waals surface area contributed by atoms with Crippen LogP contribution in [-0.4, -0.2) is 29.8 Å². The molecule has 1 aromatic carbocycles. The van der Waals surface area contributed by atoms with E-state index in [1.54, 1.807) is 17.1 Å². The minimum absolute atomic E-state index is 0.000217. The number of aromatic nitrogens is 5. The maximum Gasteiger partial charge on any atom is 0.251 e. The third-order valence-corrected chi connectivity index (χ3v) is 4.31. The lowest BCUT2D eigenvalue weighted by Crippen LogP contribution is -2.05. The molecule has 0 spiro atoms. The molecule has 7 nitrogen and oxygen atoms in total. The lowest BCUT2D eigenvalue weighted by molar-refractivity contribution is 0.281. The molecule has 0 aliphatic heterocycles. The first-order valence-corrected chi connectivity index (χ1v) is 8.84. The molecule has 0 saturated carbocycles. The summed E-state index contributed by atoms with van der Waals surface area (Å²) in [7, 11) is 0. The van der Waals surface area contributed by atoms with Crippen molar-refractivity contribution in [1.82, 2.24) is 24.7 Å². The van der Waals surface area contributed by atoms with Crippen molar-refractivity contribution in [2.75, 3.05) is 0 Å². The summed E-state index contributed by atoms with van der Waals surface area (Å²) in [4.78, 5) is 13.3. The van der Waals surface area contributed by atoms with Gasteiger partial charge in [0.15, 0.2) is 5.75 Å². The molecule has 0 aliphatic carbocycles. The minimum Gasteiger partial charge on any atom is -0.453 e. The highest BCUT2D eigenvalue weighted by Crippen LogP contribution is 2.30. The third kappa shape index (κ3) is 3.47. The van der Waals surface area contributed by atoms with Crippen LogP contribution in [-0.2, 0) is 6.61 Å². The molecule has 3 aromatic heterocycles. The Kier molecular flexibility index (Phi) is 4.82. The van der Waals surface area contributed by atoms with Gasteiger partial charge in [-0.25, -0.2) is 9.97 Å². The summed E-state index contributed by atoms with van der Waals surface area (Å²) in [5, 5.41) is 13.7. The highest BCUT2D eigenvalue weighted by molar-refractivity contribution is 5.54. The standard InChI is InChI=1S/C21H19N5O2/c1-14-20(28-17-8-6-16(13-27)7-9-17)15(2)26(25-14)21-23-12-10-19(24-21)18-5-3-4-11-22-18/h3-12,27H,13H2,1-2H3. The maximum absolute atomic E-state index is 9.17. The smallest absolute Gasteiger partial charge is 0.251 e. The number of aliphatic hydroxyl groups is 1. The molecule has 0 atom stereocenters. The van der Waals surface area contributed by atoms with E-state index < -0.39 is 0 Å². The number of nitrogens with zero attached hydrogens (tertiary/aromatic N) is 5. The predicted octanol–water partition coefficient (Wildman–Crippen LogP) is 3.63. The van der Waals surface area contributed by atoms with Gasteiger partial charge in [-0.3, -0.25) is 4.98 Å². The van der Waals surface area contributed by atoms with Crippen LogP contribution in [0.4, 0.5) is 0 Å². The van der Waals surface area contributed by atoms with E-state index in [1.807, 2.05) is 62.4 Å². The summed E-state index contributed by atoms with van der Waals surface area (Å²) in [5.41, 5.74) is 3.85. The molecule has 140 valence electrons. The van der Waals surface area contributed by atoms with Gasteiger partial charge in [0, 0.05) is 12.4 Å². The minimum atomic E-state index is 0.000217. The molecular formula is C21H19N5O2. The molecule has 0 bridgehead atoms. The lowest BCUT2D eigenvalue weighted by Gasteiger charge is -2.07. The van der Waals surface area contributed by atoms with Crippen LogP contribution < -0.4 is 4.74 Å². The molecule has 4 aromatic rings. The van der Waals surface area contributed by atoms with Gasteiger partial charge in [-0.15, -0.1) is 0 Å². The van der Waals surface area contributed by atoms with Crippen molar-refractivity contribution in [3.63, 3.8) is 0 Å². The van der Waals surface area contributed by atoms with Crippen molar-refractivity contribution in [2.45, 2.75) is 20.5 Å². The van der Waals surface area contributed by atoms with Crippen LogP contribution in [0, 0.1) is 13.8 Å². The molecule has 0 saturated heterocycles. The van der Waals surface area contributed by atoms with Gasteiger partial charge >= 0.3 is 0 Å². The summed E-state index contributed by atoms with van der Waals surface area (Å²) in [6, 6.07) is 14.8. The Morgan fingerprint density at radius 2 is 1.75 bits per heavy atom. The molecule has 28 heavy (non-hydrogen) atoms. The van der Waals surface area contributed by atoms with Gasteiger partial charge in [-0.05, 0) is 49.7 Å². The zero-order valence-electron chi connectivity index (χ0n) is 15.6. The molecule has 0 fully saturated rings. The van der Waals surface area contributed by atoms with Crippen LogP contribution in [0.5, 0.6) is 11.5 Å². The van der Waals surface area contributed by atoms with Gasteiger partial charge in [0.05, 0.1) is 23.7 Å². The molecular weight excluding hydrogens is 354 g/mol. The zero-order chi connectivity index (χ0) is 19.5. The second-order valence-electron chi connectivity index (χ2n) is 6.27. The van der Waals surface area contributed by atoms with E-state index in [4.69, 9.17) is 9.84 Å². The summed E-state index contributed by atoms with van der Waals surface area (Å²) in [6.45, 7) is 3.79. The number of hydrogen-bond acceptors (Lipinski definition) is 6. The Hall–Kier alpha value is -3.58. The average Bonchev–Trinajstić information content (AvgIpc) is 3.03. The summed E-state index contributed by atoms with van der Waals surface area (Å²) >= 11 is 0. The molecule has 0 amide bonds. The average molecular weight is 373 g/mol. The number of benzene rings is 1. The Bertz CT molecular complexity index is 1090. The molecule has 0 aliphatic rings. The highest BCUT2D eigenvalue weighted by Gasteiger charge is 2.17. The summed E-state index contributed by atoms with van der Waals surface area (Å²) in [5.74, 6) is 1.78. The van der Waals surface area contributed by atoms with Crippen LogP contribution >= 0.6 is 0 Å². The van der Waals surface area contributed by atoms with Gasteiger partial charge in [-0.1, -0.05) is 18.2 Å². The van der Waals surface area contributed by atoms with Gasteiger partial charge in [0.1, 0.15) is 11.4 Å². The Balaban J connectivity index is 1.67. The first-order chi connectivity index (χ1) is 13.7. The third-order valence-electron chi connectivity index (χ3n) is 4.31. The van der Waals surface area contributed by atoms with Crippen LogP contribution in [0.1, 0.15) is 17.0 Å². The molecule has 0 radical (unpaired) electrons. The van der Waals surface area contributed by atoms with E-state index in [9.17, 15) is 0 Å². The van der Waals surface area contributed by atoms with Crippen molar-refractivity contribution in [3.8, 4) is 28.8 Å². The van der Waals surface area contributed by atoms with Crippen molar-refractivity contribution >= 4 is 0 Å². The Morgan fingerprint density at radius 3 is 2.46 bits per heavy atom. The summed E-state index contributed by atoms with van der Waals surface area (Å²) in [6.07, 6.45) is 3.42. The zero-order valence-corrected chi connectivity index (χ0v) is 15.6. The van der Waals surface area contributed by atoms with Gasteiger partial charge < -0.3 is 9.84 Å². The monoisotopic (exact) mass is 373 g/mol. The van der Waals surface area contributed by atoms with E-state index in [1.165, 1.54) is 0 Å². The number of hydrogen-bond donors (Lipinski definition) is 1.